The van der Waals surface area contributed by atoms with Crippen LogP contribution in [0, 0.1) is 6.92 Å². The zero-order valence-electron chi connectivity index (χ0n) is 17.1. The number of aryl methyl sites for hydroxylation is 1. The van der Waals surface area contributed by atoms with Gasteiger partial charge in [0.2, 0.25) is 0 Å². The highest BCUT2D eigenvalue weighted by Crippen LogP contribution is 2.35. The first kappa shape index (κ1) is 20.7. The van der Waals surface area contributed by atoms with E-state index in [0.29, 0.717) is 11.4 Å². The summed E-state index contributed by atoms with van der Waals surface area (Å²) in [4.78, 5) is 20.0. The number of amides is 1. The summed E-state index contributed by atoms with van der Waals surface area (Å²) in [5, 5.41) is 5.81. The van der Waals surface area contributed by atoms with E-state index in [0.717, 1.165) is 34.6 Å². The summed E-state index contributed by atoms with van der Waals surface area (Å²) in [6.45, 7) is 2.52. The lowest BCUT2D eigenvalue weighted by Gasteiger charge is -2.24. The highest BCUT2D eigenvalue weighted by Gasteiger charge is 2.37. The van der Waals surface area contributed by atoms with Gasteiger partial charge in [0, 0.05) is 12.6 Å². The molecule has 32 heavy (non-hydrogen) atoms. The first-order valence-electron chi connectivity index (χ1n) is 10.2. The second-order valence-corrected chi connectivity index (χ2v) is 8.82. The van der Waals surface area contributed by atoms with E-state index in [1.165, 1.54) is 17.4 Å². The molecule has 0 spiro atoms. The van der Waals surface area contributed by atoms with Crippen molar-refractivity contribution in [1.82, 2.24) is 19.5 Å². The topological polar surface area (TPSA) is 50.5 Å². The molecule has 1 saturated heterocycles. The Morgan fingerprint density at radius 3 is 2.72 bits per heavy atom. The standard InChI is InChI=1S/C23H19F3N4OS/c1-14-5-2-6-15(11-14)18-7-3-9-29(18)22(31)17-13-21-27-16(19-8-4-10-32-19)12-20(23(24,25)26)30(21)28-17/h2,4-6,8,10-13,18H,3,7,9H2,1H3. The zero-order valence-corrected chi connectivity index (χ0v) is 18.0. The molecule has 5 nitrogen and oxygen atoms in total. The summed E-state index contributed by atoms with van der Waals surface area (Å²) < 4.78 is 42.1. The van der Waals surface area contributed by atoms with Crippen molar-refractivity contribution in [3.63, 3.8) is 0 Å². The molecular weight excluding hydrogens is 437 g/mol. The second kappa shape index (κ2) is 7.74. The van der Waals surface area contributed by atoms with Gasteiger partial charge in [-0.15, -0.1) is 11.3 Å². The minimum atomic E-state index is -4.64. The van der Waals surface area contributed by atoms with Crippen molar-refractivity contribution >= 4 is 22.9 Å². The van der Waals surface area contributed by atoms with Crippen molar-refractivity contribution in [3.05, 3.63) is 76.4 Å². The second-order valence-electron chi connectivity index (χ2n) is 7.87. The van der Waals surface area contributed by atoms with Crippen LogP contribution in [0.5, 0.6) is 0 Å². The molecule has 1 fully saturated rings. The monoisotopic (exact) mass is 456 g/mol. The van der Waals surface area contributed by atoms with Crippen LogP contribution in [0.1, 0.15) is 46.2 Å². The first-order chi connectivity index (χ1) is 15.3. The molecule has 5 rings (SSSR count). The average molecular weight is 456 g/mol. The van der Waals surface area contributed by atoms with Gasteiger partial charge in [0.25, 0.3) is 5.91 Å². The number of thiophene rings is 1. The van der Waals surface area contributed by atoms with Crippen molar-refractivity contribution in [1.29, 1.82) is 0 Å². The number of hydrogen-bond acceptors (Lipinski definition) is 4. The van der Waals surface area contributed by atoms with Crippen molar-refractivity contribution in [2.45, 2.75) is 32.0 Å². The van der Waals surface area contributed by atoms with Crippen LogP contribution in [0.3, 0.4) is 0 Å². The first-order valence-corrected chi connectivity index (χ1v) is 11.1. The molecule has 0 N–H and O–H groups in total. The smallest absolute Gasteiger partial charge is 0.330 e. The van der Waals surface area contributed by atoms with Crippen LogP contribution in [0.15, 0.2) is 53.9 Å². The molecule has 3 aromatic heterocycles. The van der Waals surface area contributed by atoms with E-state index >= 15 is 0 Å². The summed E-state index contributed by atoms with van der Waals surface area (Å²) >= 11 is 1.30. The van der Waals surface area contributed by atoms with E-state index in [9.17, 15) is 18.0 Å². The SMILES string of the molecule is Cc1cccc(C2CCCN2C(=O)c2cc3nc(-c4cccs4)cc(C(F)(F)F)n3n2)c1. The Balaban J connectivity index is 1.56. The van der Waals surface area contributed by atoms with Crippen LogP contribution in [-0.2, 0) is 6.18 Å². The summed E-state index contributed by atoms with van der Waals surface area (Å²) in [7, 11) is 0. The lowest BCUT2D eigenvalue weighted by Crippen LogP contribution is -2.31. The molecule has 164 valence electrons. The Morgan fingerprint density at radius 1 is 1.16 bits per heavy atom. The lowest BCUT2D eigenvalue weighted by molar-refractivity contribution is -0.142. The largest absolute Gasteiger partial charge is 0.433 e. The van der Waals surface area contributed by atoms with Crippen LogP contribution in [0.4, 0.5) is 13.2 Å². The maximum atomic E-state index is 13.8. The molecule has 1 atom stereocenters. The van der Waals surface area contributed by atoms with E-state index < -0.39 is 11.9 Å². The number of benzene rings is 1. The third-order valence-electron chi connectivity index (χ3n) is 5.65. The molecular formula is C23H19F3N4OS. The molecule has 4 heterocycles. The van der Waals surface area contributed by atoms with Gasteiger partial charge < -0.3 is 4.90 Å². The summed E-state index contributed by atoms with van der Waals surface area (Å²) in [5.74, 6) is -0.384. The Hall–Kier alpha value is -3.20. The number of fused-ring (bicyclic) bond motifs is 1. The maximum absolute atomic E-state index is 13.8. The van der Waals surface area contributed by atoms with Gasteiger partial charge in [0.1, 0.15) is 0 Å². The van der Waals surface area contributed by atoms with E-state index in [1.807, 2.05) is 31.2 Å². The Kier molecular flexibility index (Phi) is 5.00. The van der Waals surface area contributed by atoms with Gasteiger partial charge in [-0.3, -0.25) is 4.79 Å². The minimum Gasteiger partial charge on any atom is -0.330 e. The van der Waals surface area contributed by atoms with Gasteiger partial charge in [-0.2, -0.15) is 18.3 Å². The molecule has 1 aliphatic rings. The van der Waals surface area contributed by atoms with E-state index in [4.69, 9.17) is 0 Å². The summed E-state index contributed by atoms with van der Waals surface area (Å²) in [6, 6.07) is 13.6. The fourth-order valence-corrected chi connectivity index (χ4v) is 4.90. The number of hydrogen-bond donors (Lipinski definition) is 0. The van der Waals surface area contributed by atoms with Gasteiger partial charge in [-0.05, 0) is 42.8 Å². The van der Waals surface area contributed by atoms with Crippen molar-refractivity contribution in [2.24, 2.45) is 0 Å². The number of alkyl halides is 3. The number of rotatable bonds is 3. The molecule has 0 saturated carbocycles. The highest BCUT2D eigenvalue weighted by atomic mass is 32.1. The van der Waals surface area contributed by atoms with Crippen LogP contribution < -0.4 is 0 Å². The number of nitrogens with zero attached hydrogens (tertiary/aromatic N) is 4. The Morgan fingerprint density at radius 2 is 2.00 bits per heavy atom. The lowest BCUT2D eigenvalue weighted by atomic mass is 10.0. The average Bonchev–Trinajstić information content (AvgIpc) is 3.52. The van der Waals surface area contributed by atoms with E-state index in [1.54, 1.807) is 22.4 Å². The van der Waals surface area contributed by atoms with Crippen molar-refractivity contribution < 1.29 is 18.0 Å². The van der Waals surface area contributed by atoms with Gasteiger partial charge in [-0.25, -0.2) is 9.50 Å². The highest BCUT2D eigenvalue weighted by molar-refractivity contribution is 7.13. The third-order valence-corrected chi connectivity index (χ3v) is 6.54. The minimum absolute atomic E-state index is 0.00197. The van der Waals surface area contributed by atoms with Gasteiger partial charge in [-0.1, -0.05) is 35.9 Å². The number of aromatic nitrogens is 3. The van der Waals surface area contributed by atoms with Crippen LogP contribution in [0.2, 0.25) is 0 Å². The Bertz CT molecular complexity index is 1300. The van der Waals surface area contributed by atoms with Crippen LogP contribution in [-0.4, -0.2) is 31.9 Å². The Labute approximate surface area is 186 Å². The molecule has 1 unspecified atom stereocenters. The van der Waals surface area contributed by atoms with Gasteiger partial charge >= 0.3 is 6.18 Å². The fourth-order valence-electron chi connectivity index (χ4n) is 4.21. The number of likely N-dealkylation sites (tertiary alicyclic amines) is 1. The molecule has 9 heteroatoms. The number of carbonyl (C=O) groups is 1. The summed E-state index contributed by atoms with van der Waals surface area (Å²) in [6.07, 6.45) is -3.01. The molecule has 4 aromatic rings. The zero-order chi connectivity index (χ0) is 22.5. The predicted octanol–water partition coefficient (Wildman–Crippen LogP) is 5.76. The molecule has 1 aliphatic heterocycles. The van der Waals surface area contributed by atoms with Crippen LogP contribution in [0.25, 0.3) is 16.2 Å². The van der Waals surface area contributed by atoms with Crippen molar-refractivity contribution in [3.8, 4) is 10.6 Å². The van der Waals surface area contributed by atoms with E-state index in [2.05, 4.69) is 10.1 Å². The number of carbonyl (C=O) groups excluding carboxylic acids is 1. The molecule has 1 amide bonds. The predicted molar refractivity (Wildman–Crippen MR) is 115 cm³/mol. The number of halogens is 3. The van der Waals surface area contributed by atoms with Crippen LogP contribution >= 0.6 is 11.3 Å². The van der Waals surface area contributed by atoms with Gasteiger partial charge in [0.15, 0.2) is 17.0 Å². The van der Waals surface area contributed by atoms with Gasteiger partial charge in [0.05, 0.1) is 16.6 Å². The summed E-state index contributed by atoms with van der Waals surface area (Å²) in [5.41, 5.74) is 1.33. The molecule has 0 radical (unpaired) electrons. The normalized spacial score (nSPS) is 16.8. The quantitative estimate of drug-likeness (QED) is 0.394. The third kappa shape index (κ3) is 3.66. The molecule has 0 bridgehead atoms. The molecule has 1 aromatic carbocycles. The fraction of sp³-hybridized carbons (Fsp3) is 0.261. The molecule has 0 aliphatic carbocycles. The maximum Gasteiger partial charge on any atom is 0.433 e. The van der Waals surface area contributed by atoms with E-state index in [-0.39, 0.29) is 29.0 Å². The van der Waals surface area contributed by atoms with Crippen molar-refractivity contribution in [2.75, 3.05) is 6.54 Å².